The average Bonchev–Trinajstić information content (AvgIpc) is 3.18. The second-order valence-corrected chi connectivity index (χ2v) is 6.26. The Balaban J connectivity index is 1.92. The highest BCUT2D eigenvalue weighted by Crippen LogP contribution is 2.14. The number of hydrogen-bond donors (Lipinski definition) is 1. The molecule has 24 heavy (non-hydrogen) atoms. The minimum Gasteiger partial charge on any atom is -0.383 e. The minimum absolute atomic E-state index is 0.0395. The van der Waals surface area contributed by atoms with E-state index in [0.29, 0.717) is 30.9 Å². The molecule has 0 radical (unpaired) electrons. The zero-order chi connectivity index (χ0) is 16.9. The lowest BCUT2D eigenvalue weighted by atomic mass is 10.4. The third-order valence-electron chi connectivity index (χ3n) is 3.60. The van der Waals surface area contributed by atoms with Crippen molar-refractivity contribution in [2.75, 3.05) is 20.3 Å². The number of ether oxygens (including phenoxy) is 1. The molecule has 0 saturated carbocycles. The average molecular weight is 346 g/mol. The van der Waals surface area contributed by atoms with E-state index < -0.39 is 0 Å². The lowest BCUT2D eigenvalue weighted by Crippen LogP contribution is -2.34. The van der Waals surface area contributed by atoms with Crippen LogP contribution in [0.3, 0.4) is 0 Å². The van der Waals surface area contributed by atoms with Gasteiger partial charge >= 0.3 is 5.69 Å². The van der Waals surface area contributed by atoms with Crippen molar-refractivity contribution in [3.05, 3.63) is 51.2 Å². The maximum atomic E-state index is 12.8. The van der Waals surface area contributed by atoms with Gasteiger partial charge in [0.1, 0.15) is 6.54 Å². The molecule has 126 valence electrons. The Morgan fingerprint density at radius 3 is 2.96 bits per heavy atom. The molecule has 0 aromatic carbocycles. The first kappa shape index (κ1) is 16.4. The van der Waals surface area contributed by atoms with E-state index >= 15 is 0 Å². The number of pyridine rings is 1. The topological polar surface area (TPSA) is 78.1 Å². The summed E-state index contributed by atoms with van der Waals surface area (Å²) < 4.78 is 7.96. The van der Waals surface area contributed by atoms with Gasteiger partial charge in [-0.1, -0.05) is 6.07 Å². The molecule has 8 heteroatoms. The first-order valence-electron chi connectivity index (χ1n) is 7.53. The number of hydrogen-bond acceptors (Lipinski definition) is 5. The number of aromatic nitrogens is 3. The Bertz CT molecular complexity index is 882. The van der Waals surface area contributed by atoms with Crippen LogP contribution in [0.5, 0.6) is 0 Å². The summed E-state index contributed by atoms with van der Waals surface area (Å²) in [6.45, 7) is 1.25. The fraction of sp³-hybridized carbons (Fsp3) is 0.312. The van der Waals surface area contributed by atoms with Crippen LogP contribution in [0.4, 0.5) is 0 Å². The Morgan fingerprint density at radius 2 is 2.21 bits per heavy atom. The number of thiophene rings is 1. The summed E-state index contributed by atoms with van der Waals surface area (Å²) in [4.78, 5) is 30.2. The molecular weight excluding hydrogens is 328 g/mol. The van der Waals surface area contributed by atoms with Crippen LogP contribution in [0, 0.1) is 0 Å². The molecule has 3 aromatic heterocycles. The number of methoxy groups -OCH3 is 1. The Labute approximate surface area is 142 Å². The smallest absolute Gasteiger partial charge is 0.331 e. The Hall–Kier alpha value is -2.45. The van der Waals surface area contributed by atoms with Crippen LogP contribution in [-0.2, 0) is 22.6 Å². The molecule has 0 spiro atoms. The fourth-order valence-electron chi connectivity index (χ4n) is 2.49. The van der Waals surface area contributed by atoms with Crippen molar-refractivity contribution in [2.45, 2.75) is 13.1 Å². The summed E-state index contributed by atoms with van der Waals surface area (Å²) in [7, 11) is 1.57. The quantitative estimate of drug-likeness (QED) is 0.649. The fourth-order valence-corrected chi connectivity index (χ4v) is 3.18. The lowest BCUT2D eigenvalue weighted by Gasteiger charge is -2.05. The highest BCUT2D eigenvalue weighted by Gasteiger charge is 2.16. The number of carbonyl (C=O) groups is 1. The molecule has 1 N–H and O–H groups in total. The van der Waals surface area contributed by atoms with Crippen molar-refractivity contribution in [1.82, 2.24) is 19.4 Å². The normalized spacial score (nSPS) is 11.0. The van der Waals surface area contributed by atoms with E-state index in [1.54, 1.807) is 41.3 Å². The summed E-state index contributed by atoms with van der Waals surface area (Å²) in [6, 6.07) is 7.48. The molecule has 0 aliphatic rings. The first-order chi connectivity index (χ1) is 11.7. The maximum absolute atomic E-state index is 12.8. The molecule has 0 saturated heterocycles. The van der Waals surface area contributed by atoms with Crippen molar-refractivity contribution >= 4 is 28.4 Å². The van der Waals surface area contributed by atoms with Gasteiger partial charge in [0.15, 0.2) is 5.65 Å². The molecule has 7 nitrogen and oxygen atoms in total. The molecular formula is C16H18N4O3S. The summed E-state index contributed by atoms with van der Waals surface area (Å²) >= 11 is 1.58. The number of amides is 1. The van der Waals surface area contributed by atoms with Gasteiger partial charge < -0.3 is 10.1 Å². The number of imidazole rings is 1. The number of carbonyl (C=O) groups excluding carboxylic acids is 1. The van der Waals surface area contributed by atoms with Crippen LogP contribution < -0.4 is 11.0 Å². The van der Waals surface area contributed by atoms with Crippen molar-refractivity contribution in [2.24, 2.45) is 0 Å². The van der Waals surface area contributed by atoms with Crippen LogP contribution in [0.2, 0.25) is 0 Å². The van der Waals surface area contributed by atoms with E-state index in [9.17, 15) is 9.59 Å². The molecule has 0 atom stereocenters. The molecule has 0 unspecified atom stereocenters. The number of fused-ring (bicyclic) bond motifs is 1. The van der Waals surface area contributed by atoms with E-state index in [2.05, 4.69) is 10.3 Å². The van der Waals surface area contributed by atoms with E-state index in [4.69, 9.17) is 4.74 Å². The van der Waals surface area contributed by atoms with Gasteiger partial charge in [-0.25, -0.2) is 9.78 Å². The maximum Gasteiger partial charge on any atom is 0.331 e. The molecule has 3 aromatic rings. The summed E-state index contributed by atoms with van der Waals surface area (Å²) in [5.41, 5.74) is 1.00. The molecule has 0 bridgehead atoms. The van der Waals surface area contributed by atoms with Gasteiger partial charge in [0, 0.05) is 24.7 Å². The summed E-state index contributed by atoms with van der Waals surface area (Å²) in [5, 5.41) is 4.70. The number of rotatable bonds is 7. The summed E-state index contributed by atoms with van der Waals surface area (Å²) in [6.07, 6.45) is 1.65. The zero-order valence-corrected chi connectivity index (χ0v) is 14.1. The molecule has 0 aliphatic heterocycles. The molecule has 0 fully saturated rings. The summed E-state index contributed by atoms with van der Waals surface area (Å²) in [5.74, 6) is -0.229. The van der Waals surface area contributed by atoms with E-state index in [1.165, 1.54) is 4.57 Å². The molecule has 0 aliphatic carbocycles. The standard InChI is InChI=1S/C16H18N4O3S/c1-23-8-7-17-14(21)11-19-13-5-2-6-18-15(13)20(16(19)22)10-12-4-3-9-24-12/h2-6,9H,7-8,10-11H2,1H3,(H,17,21). The third kappa shape index (κ3) is 3.39. The minimum atomic E-state index is -0.237. The second-order valence-electron chi connectivity index (χ2n) is 5.22. The van der Waals surface area contributed by atoms with Crippen molar-refractivity contribution in [1.29, 1.82) is 0 Å². The van der Waals surface area contributed by atoms with Crippen molar-refractivity contribution in [3.8, 4) is 0 Å². The van der Waals surface area contributed by atoms with Gasteiger partial charge in [-0.2, -0.15) is 0 Å². The highest BCUT2D eigenvalue weighted by molar-refractivity contribution is 7.09. The van der Waals surface area contributed by atoms with Gasteiger partial charge in [0.05, 0.1) is 18.7 Å². The highest BCUT2D eigenvalue weighted by atomic mass is 32.1. The van der Waals surface area contributed by atoms with Gasteiger partial charge in [0.25, 0.3) is 0 Å². The zero-order valence-electron chi connectivity index (χ0n) is 13.3. The van der Waals surface area contributed by atoms with Crippen LogP contribution in [0.1, 0.15) is 4.88 Å². The van der Waals surface area contributed by atoms with Gasteiger partial charge in [-0.3, -0.25) is 13.9 Å². The second kappa shape index (κ2) is 7.41. The van der Waals surface area contributed by atoms with Crippen LogP contribution in [-0.4, -0.2) is 40.3 Å². The van der Waals surface area contributed by atoms with E-state index in [-0.39, 0.29) is 18.1 Å². The lowest BCUT2D eigenvalue weighted by molar-refractivity contribution is -0.121. The van der Waals surface area contributed by atoms with E-state index in [0.717, 1.165) is 4.88 Å². The van der Waals surface area contributed by atoms with Crippen LogP contribution >= 0.6 is 11.3 Å². The largest absolute Gasteiger partial charge is 0.383 e. The predicted octanol–water partition coefficient (Wildman–Crippen LogP) is 1.07. The Kier molecular flexibility index (Phi) is 5.07. The Morgan fingerprint density at radius 1 is 1.33 bits per heavy atom. The molecule has 1 amide bonds. The van der Waals surface area contributed by atoms with Gasteiger partial charge in [-0.05, 0) is 23.6 Å². The van der Waals surface area contributed by atoms with Crippen LogP contribution in [0.25, 0.3) is 11.2 Å². The monoisotopic (exact) mass is 346 g/mol. The third-order valence-corrected chi connectivity index (χ3v) is 4.46. The van der Waals surface area contributed by atoms with Gasteiger partial charge in [-0.15, -0.1) is 11.3 Å². The SMILES string of the molecule is COCCNC(=O)Cn1c(=O)n(Cc2cccs2)c2ncccc21. The van der Waals surface area contributed by atoms with E-state index in [1.807, 2.05) is 17.5 Å². The predicted molar refractivity (Wildman–Crippen MR) is 92.3 cm³/mol. The van der Waals surface area contributed by atoms with Crippen molar-refractivity contribution in [3.63, 3.8) is 0 Å². The number of nitrogens with one attached hydrogen (secondary N) is 1. The van der Waals surface area contributed by atoms with Gasteiger partial charge in [0.2, 0.25) is 5.91 Å². The molecule has 3 rings (SSSR count). The molecule has 3 heterocycles. The van der Waals surface area contributed by atoms with Crippen LogP contribution in [0.15, 0.2) is 40.6 Å². The number of nitrogens with zero attached hydrogens (tertiary/aromatic N) is 3. The first-order valence-corrected chi connectivity index (χ1v) is 8.40. The van der Waals surface area contributed by atoms with Crippen molar-refractivity contribution < 1.29 is 9.53 Å².